The van der Waals surface area contributed by atoms with Gasteiger partial charge in [0.2, 0.25) is 5.91 Å². The zero-order chi connectivity index (χ0) is 11.1. The van der Waals surface area contributed by atoms with Crippen molar-refractivity contribution in [2.45, 2.75) is 12.8 Å². The highest BCUT2D eigenvalue weighted by Crippen LogP contribution is 2.03. The first-order valence-corrected chi connectivity index (χ1v) is 5.13. The molecule has 1 rings (SSSR count). The summed E-state index contributed by atoms with van der Waals surface area (Å²) in [5, 5.41) is 8.68. The molecule has 82 valence electrons. The van der Waals surface area contributed by atoms with E-state index in [0.29, 0.717) is 13.0 Å². The van der Waals surface area contributed by atoms with Crippen molar-refractivity contribution in [1.29, 1.82) is 0 Å². The molecular weight excluding hydrogens is 190 g/mol. The number of carbonyl (C=O) groups excluding carboxylic acids is 1. The average molecular weight is 207 g/mol. The Kier molecular flexibility index (Phi) is 4.84. The highest BCUT2D eigenvalue weighted by atomic mass is 16.3. The number of carbonyl (C=O) groups is 1. The van der Waals surface area contributed by atoms with Crippen LogP contribution in [0.2, 0.25) is 0 Å². The third kappa shape index (κ3) is 4.13. The molecule has 0 atom stereocenters. The van der Waals surface area contributed by atoms with Crippen LogP contribution < -0.4 is 0 Å². The average Bonchev–Trinajstić information content (AvgIpc) is 2.27. The van der Waals surface area contributed by atoms with E-state index >= 15 is 0 Å². The standard InChI is InChI=1S/C12H17NO2/c1-13(9-10-14)12(15)8-7-11-5-3-2-4-6-11/h2-6,14H,7-10H2,1H3. The fourth-order valence-corrected chi connectivity index (χ4v) is 1.36. The molecule has 0 saturated carbocycles. The molecule has 0 fully saturated rings. The quantitative estimate of drug-likeness (QED) is 0.784. The fourth-order valence-electron chi connectivity index (χ4n) is 1.36. The zero-order valence-corrected chi connectivity index (χ0v) is 9.02. The molecule has 3 heteroatoms. The van der Waals surface area contributed by atoms with Crippen molar-refractivity contribution in [3.63, 3.8) is 0 Å². The Morgan fingerprint density at radius 1 is 1.33 bits per heavy atom. The van der Waals surface area contributed by atoms with E-state index in [9.17, 15) is 4.79 Å². The van der Waals surface area contributed by atoms with E-state index in [1.807, 2.05) is 30.3 Å². The molecule has 1 aromatic rings. The minimum absolute atomic E-state index is 0.0214. The maximum Gasteiger partial charge on any atom is 0.222 e. The van der Waals surface area contributed by atoms with E-state index in [1.165, 1.54) is 5.56 Å². The van der Waals surface area contributed by atoms with Gasteiger partial charge in [0, 0.05) is 20.0 Å². The second-order valence-electron chi connectivity index (χ2n) is 3.52. The summed E-state index contributed by atoms with van der Waals surface area (Å²) in [6, 6.07) is 9.93. The smallest absolute Gasteiger partial charge is 0.222 e. The van der Waals surface area contributed by atoms with Crippen LogP contribution in [0.25, 0.3) is 0 Å². The van der Waals surface area contributed by atoms with Gasteiger partial charge < -0.3 is 10.0 Å². The van der Waals surface area contributed by atoms with E-state index in [-0.39, 0.29) is 12.5 Å². The lowest BCUT2D eigenvalue weighted by Gasteiger charge is -2.15. The van der Waals surface area contributed by atoms with Gasteiger partial charge in [-0.05, 0) is 12.0 Å². The summed E-state index contributed by atoms with van der Waals surface area (Å²) < 4.78 is 0. The van der Waals surface area contributed by atoms with Gasteiger partial charge in [-0.25, -0.2) is 0 Å². The third-order valence-electron chi connectivity index (χ3n) is 2.33. The summed E-state index contributed by atoms with van der Waals surface area (Å²) in [6.07, 6.45) is 1.26. The highest BCUT2D eigenvalue weighted by molar-refractivity contribution is 5.76. The Labute approximate surface area is 90.3 Å². The predicted octanol–water partition coefficient (Wildman–Crippen LogP) is 1.07. The summed E-state index contributed by atoms with van der Waals surface area (Å²) in [6.45, 7) is 0.432. The second kappa shape index (κ2) is 6.19. The van der Waals surface area contributed by atoms with Gasteiger partial charge in [0.05, 0.1) is 6.61 Å². The molecule has 3 nitrogen and oxygen atoms in total. The van der Waals surface area contributed by atoms with Crippen LogP contribution in [0.4, 0.5) is 0 Å². The molecule has 1 aromatic carbocycles. The molecule has 0 aliphatic heterocycles. The van der Waals surface area contributed by atoms with E-state index in [1.54, 1.807) is 11.9 Å². The molecule has 0 radical (unpaired) electrons. The Bertz CT molecular complexity index is 298. The summed E-state index contributed by atoms with van der Waals surface area (Å²) in [7, 11) is 1.71. The highest BCUT2D eigenvalue weighted by Gasteiger charge is 2.07. The number of likely N-dealkylation sites (N-methyl/N-ethyl adjacent to an activating group) is 1. The van der Waals surface area contributed by atoms with Crippen LogP contribution in [-0.4, -0.2) is 36.1 Å². The van der Waals surface area contributed by atoms with Crippen LogP contribution >= 0.6 is 0 Å². The molecule has 1 N–H and O–H groups in total. The number of rotatable bonds is 5. The summed E-state index contributed by atoms with van der Waals surface area (Å²) >= 11 is 0. The molecule has 0 bridgehead atoms. The first-order chi connectivity index (χ1) is 7.24. The minimum Gasteiger partial charge on any atom is -0.395 e. The monoisotopic (exact) mass is 207 g/mol. The van der Waals surface area contributed by atoms with Gasteiger partial charge in [-0.3, -0.25) is 4.79 Å². The van der Waals surface area contributed by atoms with Gasteiger partial charge in [0.25, 0.3) is 0 Å². The number of hydrogen-bond acceptors (Lipinski definition) is 2. The van der Waals surface area contributed by atoms with Crippen molar-refractivity contribution in [3.05, 3.63) is 35.9 Å². The van der Waals surface area contributed by atoms with Crippen molar-refractivity contribution in [1.82, 2.24) is 4.90 Å². The molecule has 0 aromatic heterocycles. The van der Waals surface area contributed by atoms with Gasteiger partial charge in [-0.1, -0.05) is 30.3 Å². The molecular formula is C12H17NO2. The summed E-state index contributed by atoms with van der Waals surface area (Å²) in [5.74, 6) is 0.0768. The van der Waals surface area contributed by atoms with Crippen molar-refractivity contribution in [2.24, 2.45) is 0 Å². The molecule has 15 heavy (non-hydrogen) atoms. The van der Waals surface area contributed by atoms with E-state index < -0.39 is 0 Å². The zero-order valence-electron chi connectivity index (χ0n) is 9.02. The number of aliphatic hydroxyl groups is 1. The van der Waals surface area contributed by atoms with Crippen LogP contribution in [-0.2, 0) is 11.2 Å². The first-order valence-electron chi connectivity index (χ1n) is 5.13. The topological polar surface area (TPSA) is 40.5 Å². The van der Waals surface area contributed by atoms with Crippen LogP contribution in [0.5, 0.6) is 0 Å². The van der Waals surface area contributed by atoms with Gasteiger partial charge >= 0.3 is 0 Å². The Balaban J connectivity index is 2.34. The Morgan fingerprint density at radius 3 is 2.60 bits per heavy atom. The number of amides is 1. The van der Waals surface area contributed by atoms with Crippen LogP contribution in [0.3, 0.4) is 0 Å². The Hall–Kier alpha value is -1.35. The van der Waals surface area contributed by atoms with E-state index in [4.69, 9.17) is 5.11 Å². The minimum atomic E-state index is 0.0214. The van der Waals surface area contributed by atoms with Gasteiger partial charge in [-0.15, -0.1) is 0 Å². The van der Waals surface area contributed by atoms with E-state index in [2.05, 4.69) is 0 Å². The Morgan fingerprint density at radius 2 is 2.00 bits per heavy atom. The van der Waals surface area contributed by atoms with E-state index in [0.717, 1.165) is 6.42 Å². The number of hydrogen-bond donors (Lipinski definition) is 1. The lowest BCUT2D eigenvalue weighted by molar-refractivity contribution is -0.130. The van der Waals surface area contributed by atoms with Crippen LogP contribution in [0, 0.1) is 0 Å². The van der Waals surface area contributed by atoms with Crippen LogP contribution in [0.15, 0.2) is 30.3 Å². The van der Waals surface area contributed by atoms with Gasteiger partial charge in [-0.2, -0.15) is 0 Å². The van der Waals surface area contributed by atoms with Crippen LogP contribution in [0.1, 0.15) is 12.0 Å². The first kappa shape index (κ1) is 11.7. The number of benzene rings is 1. The van der Waals surface area contributed by atoms with Gasteiger partial charge in [0.15, 0.2) is 0 Å². The molecule has 0 heterocycles. The van der Waals surface area contributed by atoms with Crippen molar-refractivity contribution in [2.75, 3.05) is 20.2 Å². The molecule has 0 spiro atoms. The number of nitrogens with zero attached hydrogens (tertiary/aromatic N) is 1. The largest absolute Gasteiger partial charge is 0.395 e. The normalized spacial score (nSPS) is 10.0. The maximum atomic E-state index is 11.5. The third-order valence-corrected chi connectivity index (χ3v) is 2.33. The summed E-state index contributed by atoms with van der Waals surface area (Å²) in [4.78, 5) is 13.1. The van der Waals surface area contributed by atoms with Crippen molar-refractivity contribution < 1.29 is 9.90 Å². The molecule has 0 saturated heterocycles. The molecule has 0 aliphatic carbocycles. The molecule has 1 amide bonds. The van der Waals surface area contributed by atoms with Crippen molar-refractivity contribution >= 4 is 5.91 Å². The number of aryl methyl sites for hydroxylation is 1. The fraction of sp³-hybridized carbons (Fsp3) is 0.417. The SMILES string of the molecule is CN(CCO)C(=O)CCc1ccccc1. The second-order valence-corrected chi connectivity index (χ2v) is 3.52. The lowest BCUT2D eigenvalue weighted by Crippen LogP contribution is -2.29. The summed E-state index contributed by atoms with van der Waals surface area (Å²) in [5.41, 5.74) is 1.17. The van der Waals surface area contributed by atoms with Gasteiger partial charge in [0.1, 0.15) is 0 Å². The number of aliphatic hydroxyl groups excluding tert-OH is 1. The molecule has 0 aliphatic rings. The maximum absolute atomic E-state index is 11.5. The lowest BCUT2D eigenvalue weighted by atomic mass is 10.1. The van der Waals surface area contributed by atoms with Crippen molar-refractivity contribution in [3.8, 4) is 0 Å². The predicted molar refractivity (Wildman–Crippen MR) is 59.5 cm³/mol. The molecule has 0 unspecified atom stereocenters.